The van der Waals surface area contributed by atoms with Gasteiger partial charge in [0.1, 0.15) is 0 Å². The molecule has 1 saturated carbocycles. The second-order valence-corrected chi connectivity index (χ2v) is 6.10. The summed E-state index contributed by atoms with van der Waals surface area (Å²) in [5.41, 5.74) is 7.16. The molecule has 0 radical (unpaired) electrons. The topological polar surface area (TPSA) is 46.3 Å². The van der Waals surface area contributed by atoms with E-state index in [-0.39, 0.29) is 11.5 Å². The van der Waals surface area contributed by atoms with E-state index >= 15 is 0 Å². The molecule has 1 saturated heterocycles. The monoisotopic (exact) mass is 258 g/mol. The number of benzene rings is 1. The summed E-state index contributed by atoms with van der Waals surface area (Å²) in [6, 6.07) is 10.5. The molecule has 0 aromatic heterocycles. The fourth-order valence-electron chi connectivity index (χ4n) is 3.68. The first-order valence-electron chi connectivity index (χ1n) is 7.28. The summed E-state index contributed by atoms with van der Waals surface area (Å²) < 4.78 is 0. The third-order valence-electron chi connectivity index (χ3n) is 4.70. The Bertz CT molecular complexity index is 459. The van der Waals surface area contributed by atoms with Gasteiger partial charge in [-0.1, -0.05) is 36.8 Å². The first-order chi connectivity index (χ1) is 9.20. The predicted molar refractivity (Wildman–Crippen MR) is 75.4 cm³/mol. The highest BCUT2D eigenvalue weighted by Crippen LogP contribution is 2.44. The van der Waals surface area contributed by atoms with Crippen LogP contribution in [0.1, 0.15) is 37.7 Å². The molecule has 2 unspecified atom stereocenters. The van der Waals surface area contributed by atoms with Crippen molar-refractivity contribution in [1.82, 2.24) is 4.90 Å². The van der Waals surface area contributed by atoms with Crippen LogP contribution in [-0.4, -0.2) is 23.4 Å². The normalized spacial score (nSPS) is 31.1. The summed E-state index contributed by atoms with van der Waals surface area (Å²) in [7, 11) is 0. The minimum Gasteiger partial charge on any atom is -0.338 e. The van der Waals surface area contributed by atoms with Gasteiger partial charge in [-0.15, -0.1) is 0 Å². The van der Waals surface area contributed by atoms with Gasteiger partial charge in [0, 0.05) is 19.1 Å². The summed E-state index contributed by atoms with van der Waals surface area (Å²) in [6.45, 7) is 1.64. The quantitative estimate of drug-likeness (QED) is 0.884. The standard InChI is InChI=1S/C16H22N2O/c17-14-7-4-8-16(11-14)9-10-18(15(16)19)12-13-5-2-1-3-6-13/h1-3,5-6,14H,4,7-12,17H2. The Labute approximate surface area is 114 Å². The molecule has 1 amide bonds. The van der Waals surface area contributed by atoms with E-state index in [1.54, 1.807) is 0 Å². The van der Waals surface area contributed by atoms with Gasteiger partial charge >= 0.3 is 0 Å². The lowest BCUT2D eigenvalue weighted by Crippen LogP contribution is -2.42. The van der Waals surface area contributed by atoms with E-state index in [2.05, 4.69) is 12.1 Å². The maximum atomic E-state index is 12.7. The molecule has 3 rings (SSSR count). The van der Waals surface area contributed by atoms with Gasteiger partial charge in [-0.25, -0.2) is 0 Å². The first kappa shape index (κ1) is 12.7. The van der Waals surface area contributed by atoms with E-state index in [1.165, 1.54) is 5.56 Å². The number of likely N-dealkylation sites (tertiary alicyclic amines) is 1. The largest absolute Gasteiger partial charge is 0.338 e. The number of carbonyl (C=O) groups is 1. The van der Waals surface area contributed by atoms with Crippen molar-refractivity contribution in [2.45, 2.75) is 44.7 Å². The van der Waals surface area contributed by atoms with Gasteiger partial charge in [0.05, 0.1) is 5.41 Å². The van der Waals surface area contributed by atoms with Crippen LogP contribution in [0, 0.1) is 5.41 Å². The Kier molecular flexibility index (Phi) is 3.31. The van der Waals surface area contributed by atoms with E-state index < -0.39 is 0 Å². The Hall–Kier alpha value is -1.35. The number of amides is 1. The van der Waals surface area contributed by atoms with E-state index in [0.29, 0.717) is 5.91 Å². The summed E-state index contributed by atoms with van der Waals surface area (Å²) in [6.07, 6.45) is 5.09. The molecule has 1 heterocycles. The number of nitrogens with zero attached hydrogens (tertiary/aromatic N) is 1. The van der Waals surface area contributed by atoms with E-state index in [9.17, 15) is 4.79 Å². The minimum absolute atomic E-state index is 0.132. The molecule has 19 heavy (non-hydrogen) atoms. The Morgan fingerprint density at radius 3 is 2.79 bits per heavy atom. The van der Waals surface area contributed by atoms with Crippen LogP contribution in [0.5, 0.6) is 0 Å². The fourth-order valence-corrected chi connectivity index (χ4v) is 3.68. The van der Waals surface area contributed by atoms with Crippen molar-refractivity contribution in [3.8, 4) is 0 Å². The molecule has 2 aliphatic rings. The van der Waals surface area contributed by atoms with E-state index in [1.807, 2.05) is 23.1 Å². The van der Waals surface area contributed by atoms with Crippen LogP contribution in [0.15, 0.2) is 30.3 Å². The first-order valence-corrected chi connectivity index (χ1v) is 7.28. The molecule has 1 aliphatic carbocycles. The van der Waals surface area contributed by atoms with Crippen molar-refractivity contribution < 1.29 is 4.79 Å². The number of hydrogen-bond acceptors (Lipinski definition) is 2. The highest BCUT2D eigenvalue weighted by molar-refractivity contribution is 5.85. The van der Waals surface area contributed by atoms with Crippen LogP contribution in [0.4, 0.5) is 0 Å². The van der Waals surface area contributed by atoms with E-state index in [0.717, 1.165) is 45.2 Å². The van der Waals surface area contributed by atoms with Crippen LogP contribution < -0.4 is 5.73 Å². The van der Waals surface area contributed by atoms with Gasteiger partial charge in [0.25, 0.3) is 0 Å². The lowest BCUT2D eigenvalue weighted by molar-refractivity contribution is -0.138. The molecule has 102 valence electrons. The zero-order valence-electron chi connectivity index (χ0n) is 11.3. The predicted octanol–water partition coefficient (Wildman–Crippen LogP) is 2.31. The van der Waals surface area contributed by atoms with Crippen molar-refractivity contribution in [2.75, 3.05) is 6.54 Å². The average Bonchev–Trinajstić information content (AvgIpc) is 2.69. The van der Waals surface area contributed by atoms with Crippen molar-refractivity contribution in [3.05, 3.63) is 35.9 Å². The van der Waals surface area contributed by atoms with Gasteiger partial charge in [0.15, 0.2) is 0 Å². The maximum Gasteiger partial charge on any atom is 0.229 e. The molecule has 2 atom stereocenters. The highest BCUT2D eigenvalue weighted by Gasteiger charge is 2.48. The molecule has 1 aromatic rings. The molecular weight excluding hydrogens is 236 g/mol. The molecule has 3 heteroatoms. The average molecular weight is 258 g/mol. The van der Waals surface area contributed by atoms with Crippen molar-refractivity contribution in [1.29, 1.82) is 0 Å². The Morgan fingerprint density at radius 2 is 2.05 bits per heavy atom. The highest BCUT2D eigenvalue weighted by atomic mass is 16.2. The van der Waals surface area contributed by atoms with Crippen LogP contribution in [0.2, 0.25) is 0 Å². The number of carbonyl (C=O) groups excluding carboxylic acids is 1. The molecule has 1 aliphatic heterocycles. The summed E-state index contributed by atoms with van der Waals surface area (Å²) in [5.74, 6) is 0.339. The molecule has 2 fully saturated rings. The van der Waals surface area contributed by atoms with Crippen molar-refractivity contribution in [2.24, 2.45) is 11.1 Å². The smallest absolute Gasteiger partial charge is 0.229 e. The van der Waals surface area contributed by atoms with E-state index in [4.69, 9.17) is 5.73 Å². The SMILES string of the molecule is NC1CCCC2(CCN(Cc3ccccc3)C2=O)C1. The molecule has 1 aromatic carbocycles. The van der Waals surface area contributed by atoms with Crippen LogP contribution in [0.3, 0.4) is 0 Å². The Morgan fingerprint density at radius 1 is 1.26 bits per heavy atom. The van der Waals surface area contributed by atoms with Crippen molar-refractivity contribution >= 4 is 5.91 Å². The number of nitrogens with two attached hydrogens (primary N) is 1. The Balaban J connectivity index is 1.72. The van der Waals surface area contributed by atoms with Crippen LogP contribution in [0.25, 0.3) is 0 Å². The van der Waals surface area contributed by atoms with Gasteiger partial charge in [-0.2, -0.15) is 0 Å². The van der Waals surface area contributed by atoms with Gasteiger partial charge in [0.2, 0.25) is 5.91 Å². The third kappa shape index (κ3) is 2.39. The second kappa shape index (κ2) is 4.97. The number of rotatable bonds is 2. The maximum absolute atomic E-state index is 12.7. The van der Waals surface area contributed by atoms with Crippen molar-refractivity contribution in [3.63, 3.8) is 0 Å². The fraction of sp³-hybridized carbons (Fsp3) is 0.562. The number of hydrogen-bond donors (Lipinski definition) is 1. The van der Waals surface area contributed by atoms with Gasteiger partial charge in [-0.3, -0.25) is 4.79 Å². The summed E-state index contributed by atoms with van der Waals surface area (Å²) >= 11 is 0. The second-order valence-electron chi connectivity index (χ2n) is 6.10. The lowest BCUT2D eigenvalue weighted by Gasteiger charge is -2.35. The lowest BCUT2D eigenvalue weighted by atomic mass is 9.71. The molecule has 0 bridgehead atoms. The molecule has 1 spiro atoms. The zero-order valence-corrected chi connectivity index (χ0v) is 11.3. The summed E-state index contributed by atoms with van der Waals surface area (Å²) in [5, 5.41) is 0. The van der Waals surface area contributed by atoms with Crippen LogP contribution >= 0.6 is 0 Å². The molecular formula is C16H22N2O. The third-order valence-corrected chi connectivity index (χ3v) is 4.70. The van der Waals surface area contributed by atoms with Gasteiger partial charge < -0.3 is 10.6 Å². The summed E-state index contributed by atoms with van der Waals surface area (Å²) in [4.78, 5) is 14.7. The zero-order chi connectivity index (χ0) is 13.3. The minimum atomic E-state index is -0.132. The van der Waals surface area contributed by atoms with Crippen LogP contribution in [-0.2, 0) is 11.3 Å². The van der Waals surface area contributed by atoms with Gasteiger partial charge in [-0.05, 0) is 31.2 Å². The molecule has 2 N–H and O–H groups in total. The molecule has 3 nitrogen and oxygen atoms in total.